The summed E-state index contributed by atoms with van der Waals surface area (Å²) >= 11 is 0. The van der Waals surface area contributed by atoms with Gasteiger partial charge in [0.1, 0.15) is 11.4 Å². The Hall–Kier alpha value is -3.23. The summed E-state index contributed by atoms with van der Waals surface area (Å²) in [5.41, 5.74) is -0.294. The van der Waals surface area contributed by atoms with E-state index >= 15 is 0 Å². The maximum absolute atomic E-state index is 11.4. The fourth-order valence-electron chi connectivity index (χ4n) is 3.01. The van der Waals surface area contributed by atoms with Gasteiger partial charge in [0.15, 0.2) is 12.0 Å². The first kappa shape index (κ1) is 16.6. The first-order chi connectivity index (χ1) is 12.0. The van der Waals surface area contributed by atoms with Gasteiger partial charge in [-0.2, -0.15) is 0 Å². The molecule has 1 saturated heterocycles. The van der Waals surface area contributed by atoms with E-state index in [0.29, 0.717) is 25.1 Å². The van der Waals surface area contributed by atoms with Gasteiger partial charge in [0.05, 0.1) is 21.5 Å². The van der Waals surface area contributed by atoms with E-state index in [1.807, 2.05) is 4.90 Å². The molecule has 0 atom stereocenters. The minimum absolute atomic E-state index is 0.0298. The maximum Gasteiger partial charge on any atom is 0.299 e. The van der Waals surface area contributed by atoms with E-state index in [4.69, 9.17) is 4.42 Å². The number of piperidine rings is 1. The third-order valence-electron chi connectivity index (χ3n) is 4.19. The van der Waals surface area contributed by atoms with Crippen LogP contribution in [-0.2, 0) is 0 Å². The van der Waals surface area contributed by atoms with Gasteiger partial charge >= 0.3 is 0 Å². The summed E-state index contributed by atoms with van der Waals surface area (Å²) in [6.07, 6.45) is 3.34. The van der Waals surface area contributed by atoms with E-state index in [1.54, 1.807) is 0 Å². The molecule has 0 spiro atoms. The van der Waals surface area contributed by atoms with Gasteiger partial charge < -0.3 is 9.32 Å². The van der Waals surface area contributed by atoms with Crippen molar-refractivity contribution in [1.82, 2.24) is 0 Å². The maximum atomic E-state index is 11.4. The Kier molecular flexibility index (Phi) is 4.46. The molecular formula is C16H15N3O6. The average Bonchev–Trinajstić information content (AvgIpc) is 3.10. The third kappa shape index (κ3) is 3.21. The molecule has 0 N–H and O–H groups in total. The smallest absolute Gasteiger partial charge is 0.299 e. The van der Waals surface area contributed by atoms with Gasteiger partial charge in [-0.3, -0.25) is 25.0 Å². The van der Waals surface area contributed by atoms with E-state index in [0.717, 1.165) is 25.3 Å². The summed E-state index contributed by atoms with van der Waals surface area (Å²) in [5, 5.41) is 22.8. The number of nitro benzene ring substituents is 2. The van der Waals surface area contributed by atoms with Crippen LogP contribution in [0.15, 0.2) is 28.7 Å². The highest BCUT2D eigenvalue weighted by Gasteiger charge is 2.29. The van der Waals surface area contributed by atoms with Crippen LogP contribution >= 0.6 is 0 Å². The van der Waals surface area contributed by atoms with Crippen molar-refractivity contribution in [3.05, 3.63) is 50.3 Å². The van der Waals surface area contributed by atoms with Crippen molar-refractivity contribution in [2.24, 2.45) is 0 Å². The molecule has 0 unspecified atom stereocenters. The number of benzene rings is 1. The van der Waals surface area contributed by atoms with Crippen LogP contribution in [0.4, 0.5) is 17.1 Å². The molecule has 1 aromatic carbocycles. The standard InChI is InChI=1S/C16H15N3O6/c20-10-11-4-5-16(25-11)12-8-14(17-6-2-1-3-7-17)15(19(23)24)9-13(12)18(21)22/h4-5,8-10H,1-3,6-7H2. The molecule has 2 heterocycles. The summed E-state index contributed by atoms with van der Waals surface area (Å²) in [6, 6.07) is 5.21. The summed E-state index contributed by atoms with van der Waals surface area (Å²) in [7, 11) is 0. The van der Waals surface area contributed by atoms with Gasteiger partial charge in [0.2, 0.25) is 0 Å². The lowest BCUT2D eigenvalue weighted by molar-refractivity contribution is -0.393. The molecule has 9 heteroatoms. The molecule has 1 fully saturated rings. The van der Waals surface area contributed by atoms with Crippen LogP contribution < -0.4 is 4.90 Å². The molecule has 0 amide bonds. The largest absolute Gasteiger partial charge is 0.453 e. The number of hydrogen-bond acceptors (Lipinski definition) is 7. The highest BCUT2D eigenvalue weighted by atomic mass is 16.6. The number of aldehydes is 1. The van der Waals surface area contributed by atoms with Crippen molar-refractivity contribution in [3.63, 3.8) is 0 Å². The van der Waals surface area contributed by atoms with Crippen LogP contribution in [0.25, 0.3) is 11.3 Å². The van der Waals surface area contributed by atoms with Gasteiger partial charge in [0, 0.05) is 13.1 Å². The van der Waals surface area contributed by atoms with Gasteiger partial charge in [0.25, 0.3) is 11.4 Å². The average molecular weight is 345 g/mol. The molecular weight excluding hydrogens is 330 g/mol. The van der Waals surface area contributed by atoms with Crippen LogP contribution in [0.2, 0.25) is 0 Å². The van der Waals surface area contributed by atoms with E-state index in [-0.39, 0.29) is 22.8 Å². The van der Waals surface area contributed by atoms with Crippen LogP contribution in [0, 0.1) is 20.2 Å². The highest BCUT2D eigenvalue weighted by Crippen LogP contribution is 2.41. The predicted molar refractivity (Wildman–Crippen MR) is 88.9 cm³/mol. The van der Waals surface area contributed by atoms with E-state index in [1.165, 1.54) is 18.2 Å². The van der Waals surface area contributed by atoms with Crippen molar-refractivity contribution in [2.45, 2.75) is 19.3 Å². The van der Waals surface area contributed by atoms with E-state index in [9.17, 15) is 25.0 Å². The Balaban J connectivity index is 2.19. The lowest BCUT2D eigenvalue weighted by atomic mass is 10.0. The molecule has 0 saturated carbocycles. The van der Waals surface area contributed by atoms with Crippen molar-refractivity contribution in [2.75, 3.05) is 18.0 Å². The van der Waals surface area contributed by atoms with Crippen molar-refractivity contribution < 1.29 is 19.1 Å². The van der Waals surface area contributed by atoms with Crippen molar-refractivity contribution >= 4 is 23.3 Å². The summed E-state index contributed by atoms with van der Waals surface area (Å²) in [4.78, 5) is 34.2. The first-order valence-corrected chi connectivity index (χ1v) is 7.78. The minimum atomic E-state index is -0.689. The molecule has 0 radical (unpaired) electrons. The predicted octanol–water partition coefficient (Wildman–Crippen LogP) is 3.57. The third-order valence-corrected chi connectivity index (χ3v) is 4.19. The highest BCUT2D eigenvalue weighted by molar-refractivity contribution is 5.82. The Morgan fingerprint density at radius 1 is 1.00 bits per heavy atom. The molecule has 3 rings (SSSR count). The Labute approximate surface area is 142 Å². The summed E-state index contributed by atoms with van der Waals surface area (Å²) < 4.78 is 5.29. The van der Waals surface area contributed by atoms with E-state index in [2.05, 4.69) is 0 Å². The zero-order chi connectivity index (χ0) is 18.0. The van der Waals surface area contributed by atoms with Crippen LogP contribution in [0.5, 0.6) is 0 Å². The van der Waals surface area contributed by atoms with Crippen LogP contribution in [-0.4, -0.2) is 29.2 Å². The van der Waals surface area contributed by atoms with Gasteiger partial charge in [-0.1, -0.05) is 0 Å². The molecule has 1 aliphatic rings. The number of nitrogens with zero attached hydrogens (tertiary/aromatic N) is 3. The number of anilines is 1. The normalized spacial score (nSPS) is 14.3. The summed E-state index contributed by atoms with van der Waals surface area (Å²) in [6.45, 7) is 1.30. The Morgan fingerprint density at radius 3 is 2.24 bits per heavy atom. The lowest BCUT2D eigenvalue weighted by Gasteiger charge is -2.28. The van der Waals surface area contributed by atoms with Crippen molar-refractivity contribution in [1.29, 1.82) is 0 Å². The number of carbonyl (C=O) groups is 1. The molecule has 1 aromatic heterocycles. The second-order valence-electron chi connectivity index (χ2n) is 5.74. The quantitative estimate of drug-likeness (QED) is 0.461. The van der Waals surface area contributed by atoms with Crippen LogP contribution in [0.1, 0.15) is 29.8 Å². The summed E-state index contributed by atoms with van der Waals surface area (Å²) in [5.74, 6) is 0.157. The molecule has 2 aromatic rings. The zero-order valence-corrected chi connectivity index (χ0v) is 13.2. The molecule has 9 nitrogen and oxygen atoms in total. The lowest BCUT2D eigenvalue weighted by Crippen LogP contribution is -2.30. The minimum Gasteiger partial charge on any atom is -0.453 e. The monoisotopic (exact) mass is 345 g/mol. The number of furan rings is 1. The molecule has 130 valence electrons. The first-order valence-electron chi connectivity index (χ1n) is 7.78. The number of hydrogen-bond donors (Lipinski definition) is 0. The SMILES string of the molecule is O=Cc1ccc(-c2cc(N3CCCCC3)c([N+](=O)[O-])cc2[N+](=O)[O-])o1. The molecule has 0 bridgehead atoms. The topological polar surface area (TPSA) is 120 Å². The number of rotatable bonds is 5. The Bertz CT molecular complexity index is 838. The second kappa shape index (κ2) is 6.71. The van der Waals surface area contributed by atoms with Gasteiger partial charge in [-0.25, -0.2) is 0 Å². The van der Waals surface area contributed by atoms with Crippen LogP contribution in [0.3, 0.4) is 0 Å². The molecule has 25 heavy (non-hydrogen) atoms. The zero-order valence-electron chi connectivity index (χ0n) is 13.2. The van der Waals surface area contributed by atoms with Gasteiger partial charge in [-0.15, -0.1) is 0 Å². The van der Waals surface area contributed by atoms with Crippen molar-refractivity contribution in [3.8, 4) is 11.3 Å². The second-order valence-corrected chi connectivity index (χ2v) is 5.74. The molecule has 0 aliphatic carbocycles. The molecule has 1 aliphatic heterocycles. The van der Waals surface area contributed by atoms with E-state index < -0.39 is 15.5 Å². The fourth-order valence-corrected chi connectivity index (χ4v) is 3.01. The number of carbonyl (C=O) groups excluding carboxylic acids is 1. The Morgan fingerprint density at radius 2 is 1.68 bits per heavy atom. The number of nitro groups is 2. The van der Waals surface area contributed by atoms with Gasteiger partial charge in [-0.05, 0) is 37.5 Å². The fraction of sp³-hybridized carbons (Fsp3) is 0.312.